The van der Waals surface area contributed by atoms with Crippen molar-refractivity contribution in [2.24, 2.45) is 5.73 Å². The lowest BCUT2D eigenvalue weighted by Crippen LogP contribution is -2.44. The fraction of sp³-hybridized carbons (Fsp3) is 0.500. The van der Waals surface area contributed by atoms with Crippen LogP contribution in [0.15, 0.2) is 24.3 Å². The molecule has 0 aromatic heterocycles. The van der Waals surface area contributed by atoms with E-state index in [1.54, 1.807) is 24.3 Å². The maximum absolute atomic E-state index is 12.2. The van der Waals surface area contributed by atoms with E-state index in [1.165, 1.54) is 0 Å². The van der Waals surface area contributed by atoms with Crippen LogP contribution in [0.25, 0.3) is 0 Å². The van der Waals surface area contributed by atoms with Crippen LogP contribution in [0.3, 0.4) is 0 Å². The van der Waals surface area contributed by atoms with Gasteiger partial charge in [-0.1, -0.05) is 0 Å². The van der Waals surface area contributed by atoms with Crippen LogP contribution in [0.5, 0.6) is 0 Å². The number of rotatable bonds is 18. The zero-order valence-electron chi connectivity index (χ0n) is 20.5. The summed E-state index contributed by atoms with van der Waals surface area (Å²) in [6, 6.07) is 4.33. The molecule has 0 saturated carbocycles. The summed E-state index contributed by atoms with van der Waals surface area (Å²) in [5.74, 6) is -4.37. The number of carbonyl (C=O) groups excluding carboxylic acids is 4. The highest BCUT2D eigenvalue weighted by Gasteiger charge is 2.21. The molecule has 13 heteroatoms. The van der Waals surface area contributed by atoms with Gasteiger partial charge in [0.2, 0.25) is 17.7 Å². The SMILES string of the molecule is NC(=O)[C@H](CCCCNC(=O)c1ccc(N)cc1)NC(=O)CCC[C@H](NC(=O)CCCC(=O)O)C(=O)O. The predicted molar refractivity (Wildman–Crippen MR) is 133 cm³/mol. The van der Waals surface area contributed by atoms with Crippen molar-refractivity contribution in [1.82, 2.24) is 16.0 Å². The first-order chi connectivity index (χ1) is 17.5. The third kappa shape index (κ3) is 13.5. The van der Waals surface area contributed by atoms with E-state index in [4.69, 9.17) is 16.6 Å². The van der Waals surface area contributed by atoms with E-state index in [2.05, 4.69) is 16.0 Å². The van der Waals surface area contributed by atoms with Gasteiger partial charge in [0.25, 0.3) is 5.91 Å². The second-order valence-corrected chi connectivity index (χ2v) is 8.49. The first-order valence-electron chi connectivity index (χ1n) is 12.0. The van der Waals surface area contributed by atoms with Crippen LogP contribution in [0, 0.1) is 0 Å². The molecule has 0 aliphatic carbocycles. The second-order valence-electron chi connectivity index (χ2n) is 8.49. The van der Waals surface area contributed by atoms with Crippen LogP contribution >= 0.6 is 0 Å². The van der Waals surface area contributed by atoms with Crippen molar-refractivity contribution in [3.8, 4) is 0 Å². The van der Waals surface area contributed by atoms with Gasteiger partial charge in [-0.3, -0.25) is 24.0 Å². The summed E-state index contributed by atoms with van der Waals surface area (Å²) in [6.45, 7) is 0.362. The molecule has 1 rings (SSSR count). The standard InChI is InChI=1S/C24H35N5O8/c25-16-12-10-15(11-13-16)23(35)27-14-2-1-5-17(22(26)34)28-19(30)7-3-6-18(24(36)37)29-20(31)8-4-9-21(32)33/h10-13,17-18H,1-9,14,25H2,(H2,26,34)(H,27,35)(H,28,30)(H,29,31)(H,32,33)(H,36,37)/t17-,18-/m0/s1. The molecule has 0 saturated heterocycles. The molecule has 0 bridgehead atoms. The lowest BCUT2D eigenvalue weighted by atomic mass is 10.1. The second kappa shape index (κ2) is 16.5. The molecule has 4 amide bonds. The molecular formula is C24H35N5O8. The third-order valence-corrected chi connectivity index (χ3v) is 5.38. The number of unbranched alkanes of at least 4 members (excludes halogenated alkanes) is 1. The van der Waals surface area contributed by atoms with Crippen LogP contribution in [0.1, 0.15) is 68.1 Å². The molecule has 0 aliphatic heterocycles. The highest BCUT2D eigenvalue weighted by molar-refractivity contribution is 5.94. The summed E-state index contributed by atoms with van der Waals surface area (Å²) >= 11 is 0. The quantitative estimate of drug-likeness (QED) is 0.103. The van der Waals surface area contributed by atoms with Gasteiger partial charge in [-0.25, -0.2) is 4.79 Å². The zero-order chi connectivity index (χ0) is 27.8. The highest BCUT2D eigenvalue weighted by atomic mass is 16.4. The number of nitrogens with one attached hydrogen (secondary N) is 3. The molecular weight excluding hydrogens is 486 g/mol. The van der Waals surface area contributed by atoms with E-state index in [0.29, 0.717) is 30.6 Å². The molecule has 0 aliphatic rings. The van der Waals surface area contributed by atoms with E-state index < -0.39 is 41.7 Å². The lowest BCUT2D eigenvalue weighted by Gasteiger charge is -2.17. The Hall–Kier alpha value is -4.16. The Morgan fingerprint density at radius 3 is 1.89 bits per heavy atom. The fourth-order valence-electron chi connectivity index (χ4n) is 3.35. The van der Waals surface area contributed by atoms with E-state index >= 15 is 0 Å². The summed E-state index contributed by atoms with van der Waals surface area (Å²) in [5, 5.41) is 25.4. The molecule has 9 N–H and O–H groups in total. The Balaban J connectivity index is 2.34. The van der Waals surface area contributed by atoms with Crippen LogP contribution in [0.2, 0.25) is 0 Å². The van der Waals surface area contributed by atoms with Gasteiger partial charge < -0.3 is 37.6 Å². The molecule has 0 heterocycles. The molecule has 0 fully saturated rings. The van der Waals surface area contributed by atoms with Crippen LogP contribution in [-0.2, 0) is 24.0 Å². The molecule has 1 aromatic rings. The number of carboxylic acid groups (broad SMARTS) is 2. The first-order valence-corrected chi connectivity index (χ1v) is 12.0. The Morgan fingerprint density at radius 1 is 0.757 bits per heavy atom. The van der Waals surface area contributed by atoms with Gasteiger partial charge in [0.1, 0.15) is 12.1 Å². The van der Waals surface area contributed by atoms with Crippen LogP contribution < -0.4 is 27.4 Å². The highest BCUT2D eigenvalue weighted by Crippen LogP contribution is 2.07. The number of primary amides is 1. The van der Waals surface area contributed by atoms with Crippen molar-refractivity contribution in [3.63, 3.8) is 0 Å². The molecule has 0 spiro atoms. The summed E-state index contributed by atoms with van der Waals surface area (Å²) in [4.78, 5) is 69.6. The largest absolute Gasteiger partial charge is 0.481 e. The lowest BCUT2D eigenvalue weighted by molar-refractivity contribution is -0.142. The minimum Gasteiger partial charge on any atom is -0.481 e. The van der Waals surface area contributed by atoms with Crippen LogP contribution in [-0.4, -0.2) is 64.4 Å². The van der Waals surface area contributed by atoms with Gasteiger partial charge in [-0.15, -0.1) is 0 Å². The minimum atomic E-state index is -1.27. The third-order valence-electron chi connectivity index (χ3n) is 5.38. The number of hydrogen-bond acceptors (Lipinski definition) is 7. The Kier molecular flexibility index (Phi) is 13.8. The van der Waals surface area contributed by atoms with Gasteiger partial charge in [0.05, 0.1) is 0 Å². The fourth-order valence-corrected chi connectivity index (χ4v) is 3.35. The number of hydrogen-bond donors (Lipinski definition) is 7. The molecule has 0 radical (unpaired) electrons. The molecule has 37 heavy (non-hydrogen) atoms. The summed E-state index contributed by atoms with van der Waals surface area (Å²) < 4.78 is 0. The molecule has 13 nitrogen and oxygen atoms in total. The van der Waals surface area contributed by atoms with Crippen molar-refractivity contribution in [2.75, 3.05) is 12.3 Å². The average molecular weight is 522 g/mol. The maximum Gasteiger partial charge on any atom is 0.326 e. The Bertz CT molecular complexity index is 951. The van der Waals surface area contributed by atoms with Gasteiger partial charge in [0.15, 0.2) is 0 Å². The summed E-state index contributed by atoms with van der Waals surface area (Å²) in [7, 11) is 0. The topological polar surface area (TPSA) is 231 Å². The van der Waals surface area contributed by atoms with Gasteiger partial charge in [0, 0.05) is 37.1 Å². The molecule has 2 atom stereocenters. The summed E-state index contributed by atoms with van der Waals surface area (Å²) in [6.07, 6.45) is 1.09. The number of nitrogens with two attached hydrogens (primary N) is 2. The number of carboxylic acids is 2. The minimum absolute atomic E-state index is 0.0254. The summed E-state index contributed by atoms with van der Waals surface area (Å²) in [5.41, 5.74) is 12.0. The van der Waals surface area contributed by atoms with E-state index in [9.17, 15) is 33.9 Å². The number of carbonyl (C=O) groups is 6. The molecule has 204 valence electrons. The number of amides is 4. The van der Waals surface area contributed by atoms with Crippen molar-refractivity contribution < 1.29 is 39.0 Å². The smallest absolute Gasteiger partial charge is 0.326 e. The maximum atomic E-state index is 12.2. The van der Waals surface area contributed by atoms with Crippen molar-refractivity contribution in [1.29, 1.82) is 0 Å². The van der Waals surface area contributed by atoms with Crippen molar-refractivity contribution >= 4 is 41.3 Å². The van der Waals surface area contributed by atoms with E-state index in [-0.39, 0.29) is 50.9 Å². The predicted octanol–water partition coefficient (Wildman–Crippen LogP) is 0.134. The van der Waals surface area contributed by atoms with Crippen molar-refractivity contribution in [3.05, 3.63) is 29.8 Å². The normalized spacial score (nSPS) is 12.1. The first kappa shape index (κ1) is 30.9. The monoisotopic (exact) mass is 521 g/mol. The van der Waals surface area contributed by atoms with Gasteiger partial charge in [-0.05, 0) is 62.8 Å². The van der Waals surface area contributed by atoms with Crippen LogP contribution in [0.4, 0.5) is 5.69 Å². The Labute approximate surface area is 214 Å². The Morgan fingerprint density at radius 2 is 1.32 bits per heavy atom. The van der Waals surface area contributed by atoms with Crippen molar-refractivity contribution in [2.45, 2.75) is 69.9 Å². The average Bonchev–Trinajstić information content (AvgIpc) is 2.82. The zero-order valence-corrected chi connectivity index (χ0v) is 20.5. The number of aliphatic carboxylic acids is 2. The number of nitrogen functional groups attached to an aromatic ring is 1. The van der Waals surface area contributed by atoms with E-state index in [1.807, 2.05) is 0 Å². The van der Waals surface area contributed by atoms with E-state index in [0.717, 1.165) is 0 Å². The molecule has 0 unspecified atom stereocenters. The van der Waals surface area contributed by atoms with Gasteiger partial charge >= 0.3 is 11.9 Å². The molecule has 1 aromatic carbocycles. The number of benzene rings is 1. The van der Waals surface area contributed by atoms with Gasteiger partial charge in [-0.2, -0.15) is 0 Å². The number of anilines is 1.